The van der Waals surface area contributed by atoms with Crippen molar-refractivity contribution in [3.8, 4) is 0 Å². The maximum absolute atomic E-state index is 12.6. The van der Waals surface area contributed by atoms with Gasteiger partial charge in [0.25, 0.3) is 10.0 Å². The molecule has 0 fully saturated rings. The van der Waals surface area contributed by atoms with Crippen molar-refractivity contribution in [2.24, 2.45) is 0 Å². The topological polar surface area (TPSA) is 66.5 Å². The smallest absolute Gasteiger partial charge is 0.261 e. The number of likely N-dealkylation sites (N-methyl/N-ethyl adjacent to an activating group) is 1. The predicted molar refractivity (Wildman–Crippen MR) is 99.5 cm³/mol. The van der Waals surface area contributed by atoms with Crippen LogP contribution in [0.2, 0.25) is 0 Å². The SMILES string of the molecule is CN1C(=O)Cc2cc(S(=O)(=O)Nc3ccc(C(C)(C)C)cc3)ccc21. The van der Waals surface area contributed by atoms with Crippen LogP contribution in [0, 0.1) is 0 Å². The normalized spacial score (nSPS) is 14.6. The highest BCUT2D eigenvalue weighted by atomic mass is 32.2. The molecule has 1 heterocycles. The summed E-state index contributed by atoms with van der Waals surface area (Å²) in [6, 6.07) is 12.2. The number of rotatable bonds is 3. The van der Waals surface area contributed by atoms with E-state index in [4.69, 9.17) is 0 Å². The third-order valence-electron chi connectivity index (χ3n) is 4.44. The van der Waals surface area contributed by atoms with Gasteiger partial charge in [-0.2, -0.15) is 0 Å². The first-order valence-electron chi connectivity index (χ1n) is 8.11. The summed E-state index contributed by atoms with van der Waals surface area (Å²) in [6.45, 7) is 6.32. The van der Waals surface area contributed by atoms with Gasteiger partial charge in [0, 0.05) is 18.4 Å². The highest BCUT2D eigenvalue weighted by Crippen LogP contribution is 2.30. The zero-order valence-corrected chi connectivity index (χ0v) is 15.6. The predicted octanol–water partition coefficient (Wildman–Crippen LogP) is 3.30. The Morgan fingerprint density at radius 3 is 2.28 bits per heavy atom. The van der Waals surface area contributed by atoms with Crippen molar-refractivity contribution in [1.29, 1.82) is 0 Å². The lowest BCUT2D eigenvalue weighted by molar-refractivity contribution is -0.117. The van der Waals surface area contributed by atoms with Gasteiger partial charge in [-0.05, 0) is 46.9 Å². The van der Waals surface area contributed by atoms with Crippen molar-refractivity contribution >= 4 is 27.3 Å². The summed E-state index contributed by atoms with van der Waals surface area (Å²) < 4.78 is 27.9. The summed E-state index contributed by atoms with van der Waals surface area (Å²) in [4.78, 5) is 13.5. The Morgan fingerprint density at radius 1 is 1.04 bits per heavy atom. The molecule has 2 aromatic rings. The molecule has 5 nitrogen and oxygen atoms in total. The molecule has 0 saturated carbocycles. The molecular formula is C19H22N2O3S. The van der Waals surface area contributed by atoms with E-state index in [1.807, 2.05) is 12.1 Å². The molecule has 6 heteroatoms. The highest BCUT2D eigenvalue weighted by Gasteiger charge is 2.26. The maximum atomic E-state index is 12.6. The van der Waals surface area contributed by atoms with Crippen molar-refractivity contribution in [3.05, 3.63) is 53.6 Å². The molecule has 1 amide bonds. The largest absolute Gasteiger partial charge is 0.315 e. The van der Waals surface area contributed by atoms with E-state index in [0.717, 1.165) is 16.8 Å². The van der Waals surface area contributed by atoms with Crippen molar-refractivity contribution < 1.29 is 13.2 Å². The van der Waals surface area contributed by atoms with E-state index < -0.39 is 10.0 Å². The molecule has 1 aliphatic rings. The van der Waals surface area contributed by atoms with Gasteiger partial charge in [-0.3, -0.25) is 9.52 Å². The molecule has 0 bridgehead atoms. The molecule has 1 aliphatic heterocycles. The number of nitrogens with zero attached hydrogens (tertiary/aromatic N) is 1. The number of amides is 1. The summed E-state index contributed by atoms with van der Waals surface area (Å²) in [6.07, 6.45) is 0.232. The number of nitrogens with one attached hydrogen (secondary N) is 1. The third-order valence-corrected chi connectivity index (χ3v) is 5.82. The summed E-state index contributed by atoms with van der Waals surface area (Å²) in [5.74, 6) is -0.0322. The molecule has 0 atom stereocenters. The first-order chi connectivity index (χ1) is 11.6. The number of sulfonamides is 1. The molecular weight excluding hydrogens is 336 g/mol. The quantitative estimate of drug-likeness (QED) is 0.915. The third kappa shape index (κ3) is 3.39. The fraction of sp³-hybridized carbons (Fsp3) is 0.316. The van der Waals surface area contributed by atoms with Crippen molar-refractivity contribution in [2.75, 3.05) is 16.7 Å². The van der Waals surface area contributed by atoms with E-state index in [0.29, 0.717) is 5.69 Å². The Morgan fingerprint density at radius 2 is 1.68 bits per heavy atom. The minimum absolute atomic E-state index is 0.00987. The number of carbonyl (C=O) groups excluding carboxylic acids is 1. The molecule has 0 aliphatic carbocycles. The van der Waals surface area contributed by atoms with Gasteiger partial charge in [-0.15, -0.1) is 0 Å². The van der Waals surface area contributed by atoms with Crippen LogP contribution in [0.15, 0.2) is 47.4 Å². The Kier molecular flexibility index (Phi) is 4.11. The van der Waals surface area contributed by atoms with Gasteiger partial charge in [-0.25, -0.2) is 8.42 Å². The fourth-order valence-corrected chi connectivity index (χ4v) is 3.97. The zero-order chi connectivity index (χ0) is 18.4. The van der Waals surface area contributed by atoms with E-state index in [-0.39, 0.29) is 22.6 Å². The van der Waals surface area contributed by atoms with Crippen LogP contribution in [0.25, 0.3) is 0 Å². The molecule has 0 unspecified atom stereocenters. The van der Waals surface area contributed by atoms with Gasteiger partial charge in [0.15, 0.2) is 0 Å². The van der Waals surface area contributed by atoms with Crippen LogP contribution in [0.4, 0.5) is 11.4 Å². The lowest BCUT2D eigenvalue weighted by Crippen LogP contribution is -2.20. The summed E-state index contributed by atoms with van der Waals surface area (Å²) >= 11 is 0. The van der Waals surface area contributed by atoms with Gasteiger partial charge >= 0.3 is 0 Å². The van der Waals surface area contributed by atoms with Gasteiger partial charge < -0.3 is 4.90 Å². The highest BCUT2D eigenvalue weighted by molar-refractivity contribution is 7.92. The lowest BCUT2D eigenvalue weighted by atomic mass is 9.87. The molecule has 0 saturated heterocycles. The molecule has 1 N–H and O–H groups in total. The molecule has 25 heavy (non-hydrogen) atoms. The van der Waals surface area contributed by atoms with E-state index in [2.05, 4.69) is 25.5 Å². The van der Waals surface area contributed by atoms with Crippen molar-refractivity contribution in [2.45, 2.75) is 37.5 Å². The second-order valence-electron chi connectivity index (χ2n) is 7.35. The van der Waals surface area contributed by atoms with Crippen LogP contribution in [0.1, 0.15) is 31.9 Å². The van der Waals surface area contributed by atoms with E-state index in [1.54, 1.807) is 36.2 Å². The monoisotopic (exact) mass is 358 g/mol. The Bertz CT molecular complexity index is 926. The van der Waals surface area contributed by atoms with Crippen LogP contribution in [-0.4, -0.2) is 21.4 Å². The maximum Gasteiger partial charge on any atom is 0.261 e. The van der Waals surface area contributed by atoms with Gasteiger partial charge in [-0.1, -0.05) is 32.9 Å². The van der Waals surface area contributed by atoms with Crippen molar-refractivity contribution in [1.82, 2.24) is 0 Å². The minimum atomic E-state index is -3.70. The molecule has 0 aromatic heterocycles. The lowest BCUT2D eigenvalue weighted by Gasteiger charge is -2.19. The van der Waals surface area contributed by atoms with Gasteiger partial charge in [0.2, 0.25) is 5.91 Å². The fourth-order valence-electron chi connectivity index (χ4n) is 2.87. The molecule has 3 rings (SSSR count). The van der Waals surface area contributed by atoms with E-state index >= 15 is 0 Å². The van der Waals surface area contributed by atoms with Gasteiger partial charge in [0.1, 0.15) is 0 Å². The molecule has 0 spiro atoms. The summed E-state index contributed by atoms with van der Waals surface area (Å²) in [7, 11) is -2.01. The molecule has 2 aromatic carbocycles. The number of benzene rings is 2. The Balaban J connectivity index is 1.86. The van der Waals surface area contributed by atoms with Crippen LogP contribution >= 0.6 is 0 Å². The first kappa shape index (κ1) is 17.5. The zero-order valence-electron chi connectivity index (χ0n) is 14.8. The van der Waals surface area contributed by atoms with E-state index in [1.165, 1.54) is 6.07 Å². The number of hydrogen-bond donors (Lipinski definition) is 1. The second kappa shape index (κ2) is 5.88. The standard InChI is InChI=1S/C19H22N2O3S/c1-19(2,3)14-5-7-15(8-6-14)20-25(23,24)16-9-10-17-13(11-16)12-18(22)21(17)4/h5-11,20H,12H2,1-4H3. The number of anilines is 2. The number of carbonyl (C=O) groups is 1. The first-order valence-corrected chi connectivity index (χ1v) is 9.59. The average molecular weight is 358 g/mol. The average Bonchev–Trinajstić information content (AvgIpc) is 2.81. The Labute approximate surface area is 148 Å². The Hall–Kier alpha value is -2.34. The summed E-state index contributed by atoms with van der Waals surface area (Å²) in [5.41, 5.74) is 3.16. The minimum Gasteiger partial charge on any atom is -0.315 e. The number of fused-ring (bicyclic) bond motifs is 1. The van der Waals surface area contributed by atoms with E-state index in [9.17, 15) is 13.2 Å². The molecule has 132 valence electrons. The second-order valence-corrected chi connectivity index (χ2v) is 9.04. The number of hydrogen-bond acceptors (Lipinski definition) is 3. The van der Waals surface area contributed by atoms with Gasteiger partial charge in [0.05, 0.1) is 11.3 Å². The van der Waals surface area contributed by atoms with Crippen LogP contribution in [0.5, 0.6) is 0 Å². The van der Waals surface area contributed by atoms with Crippen LogP contribution < -0.4 is 9.62 Å². The van der Waals surface area contributed by atoms with Crippen molar-refractivity contribution in [3.63, 3.8) is 0 Å². The van der Waals surface area contributed by atoms with Crippen LogP contribution in [0.3, 0.4) is 0 Å². The molecule has 0 radical (unpaired) electrons. The summed E-state index contributed by atoms with van der Waals surface area (Å²) in [5, 5.41) is 0. The van der Waals surface area contributed by atoms with Crippen LogP contribution in [-0.2, 0) is 26.7 Å².